The van der Waals surface area contributed by atoms with Gasteiger partial charge in [-0.25, -0.2) is 0 Å². The summed E-state index contributed by atoms with van der Waals surface area (Å²) in [6, 6.07) is 7.31. The number of aromatic nitrogens is 2. The molecule has 1 heterocycles. The lowest BCUT2D eigenvalue weighted by atomic mass is 10.1. The van der Waals surface area contributed by atoms with E-state index in [-0.39, 0.29) is 0 Å². The molecule has 1 aromatic carbocycles. The predicted molar refractivity (Wildman–Crippen MR) is 65.8 cm³/mol. The minimum absolute atomic E-state index is 0.571. The van der Waals surface area contributed by atoms with Gasteiger partial charge in [0.05, 0.1) is 17.7 Å². The van der Waals surface area contributed by atoms with Crippen molar-refractivity contribution in [3.63, 3.8) is 0 Å². The third-order valence-corrected chi connectivity index (χ3v) is 3.98. The second-order valence-corrected chi connectivity index (χ2v) is 5.47. The van der Waals surface area contributed by atoms with Crippen molar-refractivity contribution in [3.8, 4) is 6.07 Å². The first-order valence-corrected chi connectivity index (χ1v) is 6.56. The summed E-state index contributed by atoms with van der Waals surface area (Å²) >= 11 is 2.84. The van der Waals surface area contributed by atoms with Crippen LogP contribution in [0.5, 0.6) is 0 Å². The van der Waals surface area contributed by atoms with Crippen molar-refractivity contribution in [1.29, 1.82) is 5.26 Å². The Bertz CT molecular complexity index is 546. The number of aliphatic hydroxyl groups is 1. The van der Waals surface area contributed by atoms with Gasteiger partial charge in [0.2, 0.25) is 0 Å². The summed E-state index contributed by atoms with van der Waals surface area (Å²) in [6.07, 6.45) is -0.571. The van der Waals surface area contributed by atoms with Crippen LogP contribution >= 0.6 is 23.1 Å². The first-order valence-electron chi connectivity index (χ1n) is 4.87. The summed E-state index contributed by atoms with van der Waals surface area (Å²) in [4.78, 5) is 0.843. The molecule has 0 aliphatic heterocycles. The number of hydrogen-bond donors (Lipinski definition) is 1. The number of rotatable bonds is 3. The molecule has 0 saturated heterocycles. The fourth-order valence-corrected chi connectivity index (χ4v) is 3.03. The molecule has 86 valence electrons. The van der Waals surface area contributed by atoms with Gasteiger partial charge in [0.15, 0.2) is 4.34 Å². The first kappa shape index (κ1) is 12.0. The molecule has 0 amide bonds. The van der Waals surface area contributed by atoms with Crippen molar-refractivity contribution in [2.24, 2.45) is 0 Å². The molecule has 0 bridgehead atoms. The van der Waals surface area contributed by atoms with Crippen LogP contribution in [0.2, 0.25) is 0 Å². The van der Waals surface area contributed by atoms with Crippen molar-refractivity contribution in [2.45, 2.75) is 22.3 Å². The minimum Gasteiger partial charge on any atom is -0.389 e. The molecule has 0 aliphatic rings. The zero-order valence-electron chi connectivity index (χ0n) is 8.99. The van der Waals surface area contributed by atoms with Gasteiger partial charge in [-0.15, -0.1) is 10.2 Å². The highest BCUT2D eigenvalue weighted by Crippen LogP contribution is 2.34. The van der Waals surface area contributed by atoms with Crippen molar-refractivity contribution >= 4 is 23.1 Å². The van der Waals surface area contributed by atoms with Crippen LogP contribution in [0, 0.1) is 11.3 Å². The summed E-state index contributed by atoms with van der Waals surface area (Å²) in [6.45, 7) is 1.70. The molecule has 0 spiro atoms. The highest BCUT2D eigenvalue weighted by molar-refractivity contribution is 8.01. The molecule has 1 N–H and O–H groups in total. The maximum Gasteiger partial charge on any atom is 0.178 e. The van der Waals surface area contributed by atoms with Gasteiger partial charge in [-0.2, -0.15) is 5.26 Å². The molecule has 17 heavy (non-hydrogen) atoms. The van der Waals surface area contributed by atoms with E-state index >= 15 is 0 Å². The topological polar surface area (TPSA) is 69.8 Å². The number of hydrogen-bond acceptors (Lipinski definition) is 6. The number of benzene rings is 1. The molecule has 0 radical (unpaired) electrons. The van der Waals surface area contributed by atoms with E-state index in [9.17, 15) is 5.11 Å². The van der Waals surface area contributed by atoms with Gasteiger partial charge in [0.1, 0.15) is 5.51 Å². The number of nitriles is 1. The van der Waals surface area contributed by atoms with E-state index in [0.717, 1.165) is 14.8 Å². The number of aliphatic hydroxyl groups excluding tert-OH is 1. The molecule has 2 aromatic rings. The lowest BCUT2D eigenvalue weighted by molar-refractivity contribution is 0.196. The maximum atomic E-state index is 9.67. The summed E-state index contributed by atoms with van der Waals surface area (Å²) in [5.74, 6) is 0. The molecule has 0 fully saturated rings. The Kier molecular flexibility index (Phi) is 3.74. The Morgan fingerprint density at radius 3 is 2.94 bits per heavy atom. The van der Waals surface area contributed by atoms with Crippen LogP contribution in [-0.4, -0.2) is 15.3 Å². The van der Waals surface area contributed by atoms with Crippen LogP contribution in [0.1, 0.15) is 24.2 Å². The quantitative estimate of drug-likeness (QED) is 0.921. The van der Waals surface area contributed by atoms with E-state index in [1.165, 1.54) is 23.1 Å². The van der Waals surface area contributed by atoms with Gasteiger partial charge in [-0.3, -0.25) is 0 Å². The van der Waals surface area contributed by atoms with Crippen molar-refractivity contribution in [2.75, 3.05) is 0 Å². The van der Waals surface area contributed by atoms with Crippen LogP contribution in [0.15, 0.2) is 32.9 Å². The normalized spacial score (nSPS) is 12.1. The van der Waals surface area contributed by atoms with Gasteiger partial charge in [0.25, 0.3) is 0 Å². The van der Waals surface area contributed by atoms with Gasteiger partial charge < -0.3 is 5.11 Å². The summed E-state index contributed by atoms with van der Waals surface area (Å²) in [5, 5.41) is 26.2. The van der Waals surface area contributed by atoms with Crippen molar-refractivity contribution < 1.29 is 5.11 Å². The van der Waals surface area contributed by atoms with E-state index in [1.807, 2.05) is 0 Å². The third-order valence-electron chi connectivity index (χ3n) is 2.13. The maximum absolute atomic E-state index is 9.67. The van der Waals surface area contributed by atoms with Crippen LogP contribution in [0.25, 0.3) is 0 Å². The molecular weight excluding hydrogens is 254 g/mol. The zero-order valence-corrected chi connectivity index (χ0v) is 10.6. The smallest absolute Gasteiger partial charge is 0.178 e. The molecular formula is C11H9N3OS2. The second kappa shape index (κ2) is 5.27. The zero-order chi connectivity index (χ0) is 12.3. The summed E-state index contributed by atoms with van der Waals surface area (Å²) in [7, 11) is 0. The van der Waals surface area contributed by atoms with Crippen molar-refractivity contribution in [3.05, 3.63) is 34.8 Å². The van der Waals surface area contributed by atoms with Crippen LogP contribution < -0.4 is 0 Å². The minimum atomic E-state index is -0.571. The Labute approximate surface area is 107 Å². The van der Waals surface area contributed by atoms with E-state index in [2.05, 4.69) is 16.3 Å². The second-order valence-electron chi connectivity index (χ2n) is 3.35. The summed E-state index contributed by atoms with van der Waals surface area (Å²) in [5.41, 5.74) is 3.02. The fraction of sp³-hybridized carbons (Fsp3) is 0.182. The van der Waals surface area contributed by atoms with E-state index in [4.69, 9.17) is 5.26 Å². The number of nitrogens with zero attached hydrogens (tertiary/aromatic N) is 3. The molecule has 6 heteroatoms. The molecule has 1 aromatic heterocycles. The Balaban J connectivity index is 2.39. The van der Waals surface area contributed by atoms with Gasteiger partial charge in [-0.05, 0) is 24.6 Å². The molecule has 1 atom stereocenters. The molecule has 0 aliphatic carbocycles. The van der Waals surface area contributed by atoms with Gasteiger partial charge >= 0.3 is 0 Å². The largest absolute Gasteiger partial charge is 0.389 e. The van der Waals surface area contributed by atoms with Crippen molar-refractivity contribution in [1.82, 2.24) is 10.2 Å². The van der Waals surface area contributed by atoms with Gasteiger partial charge in [-0.1, -0.05) is 29.2 Å². The van der Waals surface area contributed by atoms with Crippen LogP contribution in [0.4, 0.5) is 0 Å². The fourth-order valence-electron chi connectivity index (χ4n) is 1.34. The van der Waals surface area contributed by atoms with Gasteiger partial charge in [0, 0.05) is 4.90 Å². The van der Waals surface area contributed by atoms with Crippen LogP contribution in [0.3, 0.4) is 0 Å². The summed E-state index contributed by atoms with van der Waals surface area (Å²) < 4.78 is 0.794. The standard InChI is InChI=1S/C11H9N3OS2/c1-7(15)9-3-2-8(5-12)4-10(9)17-11-14-13-6-16-11/h2-4,6-7,15H,1H3. The third kappa shape index (κ3) is 2.82. The Morgan fingerprint density at radius 1 is 1.53 bits per heavy atom. The van der Waals surface area contributed by atoms with E-state index < -0.39 is 6.10 Å². The Hall–Kier alpha value is -1.42. The average molecular weight is 263 g/mol. The monoisotopic (exact) mass is 263 g/mol. The highest BCUT2D eigenvalue weighted by atomic mass is 32.2. The predicted octanol–water partition coefficient (Wildman–Crippen LogP) is 2.61. The molecule has 2 rings (SSSR count). The first-order chi connectivity index (χ1) is 8.20. The Morgan fingerprint density at radius 2 is 2.35 bits per heavy atom. The SMILES string of the molecule is CC(O)c1ccc(C#N)cc1Sc1nncs1. The average Bonchev–Trinajstić information content (AvgIpc) is 2.81. The highest BCUT2D eigenvalue weighted by Gasteiger charge is 2.11. The van der Waals surface area contributed by atoms with E-state index in [1.54, 1.807) is 30.6 Å². The lowest BCUT2D eigenvalue weighted by Gasteiger charge is -2.10. The lowest BCUT2D eigenvalue weighted by Crippen LogP contribution is -1.94. The molecule has 1 unspecified atom stereocenters. The van der Waals surface area contributed by atoms with E-state index in [0.29, 0.717) is 5.56 Å². The molecule has 0 saturated carbocycles. The molecule has 4 nitrogen and oxygen atoms in total. The van der Waals surface area contributed by atoms with Crippen LogP contribution in [-0.2, 0) is 0 Å².